The number of hydrogen-bond acceptors (Lipinski definition) is 4. The second kappa shape index (κ2) is 11.0. The Hall–Kier alpha value is -3.31. The zero-order valence-corrected chi connectivity index (χ0v) is 17.4. The van der Waals surface area contributed by atoms with Crippen LogP contribution in [0.15, 0.2) is 77.9 Å². The first-order valence-electron chi connectivity index (χ1n) is 9.68. The molecule has 0 radical (unpaired) electrons. The second-order valence-corrected chi connectivity index (χ2v) is 6.93. The van der Waals surface area contributed by atoms with Crippen LogP contribution in [0.5, 0.6) is 11.5 Å². The van der Waals surface area contributed by atoms with Gasteiger partial charge in [-0.05, 0) is 54.4 Å². The minimum atomic E-state index is -0.292. The molecule has 30 heavy (non-hydrogen) atoms. The largest absolute Gasteiger partial charge is 0.494 e. The van der Waals surface area contributed by atoms with Crippen molar-refractivity contribution in [2.75, 3.05) is 6.61 Å². The fraction of sp³-hybridized carbons (Fsp3) is 0.167. The van der Waals surface area contributed by atoms with Gasteiger partial charge in [-0.15, -0.1) is 0 Å². The van der Waals surface area contributed by atoms with Gasteiger partial charge in [0.2, 0.25) is 0 Å². The number of halogens is 1. The summed E-state index contributed by atoms with van der Waals surface area (Å²) in [6.07, 6.45) is 2.50. The van der Waals surface area contributed by atoms with Crippen LogP contribution in [0.4, 0.5) is 0 Å². The van der Waals surface area contributed by atoms with E-state index in [1.807, 2.05) is 55.5 Å². The molecule has 0 saturated carbocycles. The fourth-order valence-corrected chi connectivity index (χ4v) is 2.80. The predicted octanol–water partition coefficient (Wildman–Crippen LogP) is 5.47. The van der Waals surface area contributed by atoms with E-state index < -0.39 is 0 Å². The molecule has 0 spiro atoms. The number of nitrogens with zero attached hydrogens (tertiary/aromatic N) is 1. The van der Waals surface area contributed by atoms with Gasteiger partial charge in [-0.25, -0.2) is 5.43 Å². The van der Waals surface area contributed by atoms with Gasteiger partial charge < -0.3 is 9.47 Å². The van der Waals surface area contributed by atoms with Gasteiger partial charge in [0.15, 0.2) is 0 Å². The molecule has 0 atom stereocenters. The summed E-state index contributed by atoms with van der Waals surface area (Å²) in [4.78, 5) is 12.2. The molecule has 0 aromatic heterocycles. The van der Waals surface area contributed by atoms with E-state index >= 15 is 0 Å². The Labute approximate surface area is 181 Å². The summed E-state index contributed by atoms with van der Waals surface area (Å²) in [5.41, 5.74) is 4.75. The molecule has 3 aromatic rings. The smallest absolute Gasteiger partial charge is 0.271 e. The average Bonchev–Trinajstić information content (AvgIpc) is 2.78. The van der Waals surface area contributed by atoms with E-state index in [1.54, 1.807) is 30.5 Å². The highest BCUT2D eigenvalue weighted by Crippen LogP contribution is 2.19. The van der Waals surface area contributed by atoms with Gasteiger partial charge in [0.1, 0.15) is 18.1 Å². The quantitative estimate of drug-likeness (QED) is 0.367. The van der Waals surface area contributed by atoms with Crippen molar-refractivity contribution < 1.29 is 14.3 Å². The van der Waals surface area contributed by atoms with E-state index in [-0.39, 0.29) is 5.91 Å². The van der Waals surface area contributed by atoms with Crippen LogP contribution in [-0.2, 0) is 6.61 Å². The maximum atomic E-state index is 12.2. The number of hydrogen-bond donors (Lipinski definition) is 1. The minimum Gasteiger partial charge on any atom is -0.494 e. The third-order valence-corrected chi connectivity index (χ3v) is 4.55. The lowest BCUT2D eigenvalue weighted by atomic mass is 10.2. The van der Waals surface area contributed by atoms with Gasteiger partial charge >= 0.3 is 0 Å². The summed E-state index contributed by atoms with van der Waals surface area (Å²) in [6.45, 7) is 3.06. The predicted molar refractivity (Wildman–Crippen MR) is 120 cm³/mol. The van der Waals surface area contributed by atoms with Crippen LogP contribution in [0.3, 0.4) is 0 Å². The molecule has 0 aliphatic heterocycles. The number of hydrazone groups is 1. The first-order valence-corrected chi connectivity index (χ1v) is 10.1. The molecule has 6 heteroatoms. The SMILES string of the molecule is CCCOc1ccc(C(=O)N/N=C\c2cccc(OCc3ccccc3Cl)c2)cc1. The van der Waals surface area contributed by atoms with Crippen LogP contribution in [-0.4, -0.2) is 18.7 Å². The summed E-state index contributed by atoms with van der Waals surface area (Å²) in [5.74, 6) is 1.14. The third kappa shape index (κ3) is 6.36. The Morgan fingerprint density at radius 1 is 1.00 bits per heavy atom. The molecule has 0 bridgehead atoms. The second-order valence-electron chi connectivity index (χ2n) is 6.52. The molecular weight excluding hydrogens is 400 g/mol. The van der Waals surface area contributed by atoms with Gasteiger partial charge in [0, 0.05) is 16.1 Å². The van der Waals surface area contributed by atoms with Crippen LogP contribution < -0.4 is 14.9 Å². The van der Waals surface area contributed by atoms with Crippen LogP contribution in [0.1, 0.15) is 34.8 Å². The molecule has 0 aliphatic rings. The summed E-state index contributed by atoms with van der Waals surface area (Å²) in [7, 11) is 0. The zero-order chi connectivity index (χ0) is 21.2. The van der Waals surface area contributed by atoms with E-state index in [1.165, 1.54) is 0 Å². The van der Waals surface area contributed by atoms with Crippen LogP contribution in [0, 0.1) is 0 Å². The molecule has 154 valence electrons. The number of ether oxygens (including phenoxy) is 2. The molecule has 3 rings (SSSR count). The number of carbonyl (C=O) groups excluding carboxylic acids is 1. The van der Waals surface area contributed by atoms with Gasteiger partial charge in [-0.1, -0.05) is 48.9 Å². The maximum Gasteiger partial charge on any atom is 0.271 e. The minimum absolute atomic E-state index is 0.292. The molecular formula is C24H23ClN2O3. The lowest BCUT2D eigenvalue weighted by Crippen LogP contribution is -2.17. The van der Waals surface area contributed by atoms with Crippen LogP contribution >= 0.6 is 11.6 Å². The Kier molecular flexibility index (Phi) is 7.86. The summed E-state index contributed by atoms with van der Waals surface area (Å²) >= 11 is 6.15. The lowest BCUT2D eigenvalue weighted by Gasteiger charge is -2.08. The van der Waals surface area contributed by atoms with Gasteiger partial charge in [-0.2, -0.15) is 5.10 Å². The van der Waals surface area contributed by atoms with E-state index in [2.05, 4.69) is 10.5 Å². The molecule has 0 saturated heterocycles. The van der Waals surface area contributed by atoms with E-state index in [9.17, 15) is 4.79 Å². The topological polar surface area (TPSA) is 59.9 Å². The number of amides is 1. The number of nitrogens with one attached hydrogen (secondary N) is 1. The number of rotatable bonds is 9. The van der Waals surface area contributed by atoms with Crippen molar-refractivity contribution in [1.29, 1.82) is 0 Å². The maximum absolute atomic E-state index is 12.2. The highest BCUT2D eigenvalue weighted by atomic mass is 35.5. The molecule has 0 fully saturated rings. The molecule has 3 aromatic carbocycles. The highest BCUT2D eigenvalue weighted by molar-refractivity contribution is 6.31. The monoisotopic (exact) mass is 422 g/mol. The van der Waals surface area contributed by atoms with Crippen LogP contribution in [0.25, 0.3) is 0 Å². The summed E-state index contributed by atoms with van der Waals surface area (Å²) in [6, 6.07) is 21.9. The van der Waals surface area contributed by atoms with Crippen molar-refractivity contribution in [3.63, 3.8) is 0 Å². The van der Waals surface area contributed by atoms with Gasteiger partial charge in [0.05, 0.1) is 12.8 Å². The molecule has 5 nitrogen and oxygen atoms in total. The Balaban J connectivity index is 1.54. The number of benzene rings is 3. The van der Waals surface area contributed by atoms with Gasteiger partial charge in [0.25, 0.3) is 5.91 Å². The van der Waals surface area contributed by atoms with E-state index in [4.69, 9.17) is 21.1 Å². The first-order chi connectivity index (χ1) is 14.7. The summed E-state index contributed by atoms with van der Waals surface area (Å²) < 4.78 is 11.3. The molecule has 0 unspecified atom stereocenters. The zero-order valence-electron chi connectivity index (χ0n) is 16.7. The van der Waals surface area contributed by atoms with Crippen molar-refractivity contribution in [3.8, 4) is 11.5 Å². The molecule has 1 N–H and O–H groups in total. The average molecular weight is 423 g/mol. The normalized spacial score (nSPS) is 10.7. The lowest BCUT2D eigenvalue weighted by molar-refractivity contribution is 0.0955. The van der Waals surface area contributed by atoms with E-state index in [0.717, 1.165) is 23.3 Å². The fourth-order valence-electron chi connectivity index (χ4n) is 2.61. The molecule has 1 amide bonds. The number of carbonyl (C=O) groups is 1. The van der Waals surface area contributed by atoms with Crippen molar-refractivity contribution in [1.82, 2.24) is 5.43 Å². The first kappa shape index (κ1) is 21.4. The summed E-state index contributed by atoms with van der Waals surface area (Å²) in [5, 5.41) is 4.70. The van der Waals surface area contributed by atoms with Crippen molar-refractivity contribution in [3.05, 3.63) is 94.5 Å². The standard InChI is InChI=1S/C24H23ClN2O3/c1-2-14-29-21-12-10-19(11-13-21)24(28)27-26-16-18-6-5-8-22(15-18)30-17-20-7-3-4-9-23(20)25/h3-13,15-16H,2,14,17H2,1H3,(H,27,28)/b26-16-. The van der Waals surface area contributed by atoms with Crippen molar-refractivity contribution >= 4 is 23.7 Å². The van der Waals surface area contributed by atoms with Crippen molar-refractivity contribution in [2.24, 2.45) is 5.10 Å². The Bertz CT molecular complexity index is 1000. The molecule has 0 heterocycles. The van der Waals surface area contributed by atoms with Crippen molar-refractivity contribution in [2.45, 2.75) is 20.0 Å². The van der Waals surface area contributed by atoms with Crippen LogP contribution in [0.2, 0.25) is 5.02 Å². The van der Waals surface area contributed by atoms with Gasteiger partial charge in [-0.3, -0.25) is 4.79 Å². The third-order valence-electron chi connectivity index (χ3n) is 4.18. The Morgan fingerprint density at radius 2 is 1.80 bits per heavy atom. The molecule has 0 aliphatic carbocycles. The Morgan fingerprint density at radius 3 is 2.57 bits per heavy atom. The van der Waals surface area contributed by atoms with E-state index in [0.29, 0.717) is 29.5 Å². The highest BCUT2D eigenvalue weighted by Gasteiger charge is 2.05.